The fraction of sp³-hybridized carbons (Fsp3) is 0.611. The van der Waals surface area contributed by atoms with E-state index < -0.39 is 0 Å². The van der Waals surface area contributed by atoms with Crippen LogP contribution in [0.3, 0.4) is 0 Å². The van der Waals surface area contributed by atoms with E-state index in [1.165, 1.54) is 5.56 Å². The van der Waals surface area contributed by atoms with Gasteiger partial charge in [-0.1, -0.05) is 26.0 Å². The Morgan fingerprint density at radius 2 is 2.30 bits per heavy atom. The molecule has 5 nitrogen and oxygen atoms in total. The van der Waals surface area contributed by atoms with Crippen LogP contribution in [0, 0.1) is 11.8 Å². The molecule has 23 heavy (non-hydrogen) atoms. The van der Waals surface area contributed by atoms with Gasteiger partial charge >= 0.3 is 0 Å². The van der Waals surface area contributed by atoms with Crippen molar-refractivity contribution in [2.75, 3.05) is 19.7 Å². The molecule has 1 fully saturated rings. The molecule has 1 unspecified atom stereocenters. The van der Waals surface area contributed by atoms with Gasteiger partial charge in [0.2, 0.25) is 5.91 Å². The van der Waals surface area contributed by atoms with E-state index in [-0.39, 0.29) is 11.8 Å². The summed E-state index contributed by atoms with van der Waals surface area (Å²) in [4.78, 5) is 14.0. The number of carbonyl (C=O) groups is 1. The normalized spacial score (nSPS) is 18.9. The van der Waals surface area contributed by atoms with Gasteiger partial charge in [0.15, 0.2) is 0 Å². The number of ether oxygens (including phenoxy) is 1. The minimum absolute atomic E-state index is 0.000718. The maximum atomic E-state index is 11.7. The average molecular weight is 319 g/mol. The molecule has 0 aliphatic carbocycles. The Labute approximate surface area is 139 Å². The first-order chi connectivity index (χ1) is 11.1. The van der Waals surface area contributed by atoms with Crippen molar-refractivity contribution in [3.05, 3.63) is 29.8 Å². The first-order valence-corrected chi connectivity index (χ1v) is 8.53. The number of rotatable bonds is 7. The van der Waals surface area contributed by atoms with Crippen LogP contribution in [-0.2, 0) is 11.3 Å². The molecule has 1 aromatic rings. The zero-order chi connectivity index (χ0) is 16.7. The van der Waals surface area contributed by atoms with Crippen LogP contribution in [0.1, 0.15) is 38.7 Å². The molecule has 1 saturated heterocycles. The van der Waals surface area contributed by atoms with Crippen LogP contribution in [-0.4, -0.2) is 30.5 Å². The number of carbonyl (C=O) groups excluding carboxylic acids is 1. The van der Waals surface area contributed by atoms with E-state index in [4.69, 9.17) is 10.6 Å². The molecule has 3 N–H and O–H groups in total. The van der Waals surface area contributed by atoms with E-state index in [0.29, 0.717) is 5.92 Å². The van der Waals surface area contributed by atoms with Crippen LogP contribution >= 0.6 is 0 Å². The molecule has 1 amide bonds. The second-order valence-electron chi connectivity index (χ2n) is 6.76. The lowest BCUT2D eigenvalue weighted by molar-refractivity contribution is -0.126. The van der Waals surface area contributed by atoms with Gasteiger partial charge in [-0.15, -0.1) is 0 Å². The highest BCUT2D eigenvalue weighted by Gasteiger charge is 2.25. The Morgan fingerprint density at radius 1 is 1.48 bits per heavy atom. The molecule has 128 valence electrons. The van der Waals surface area contributed by atoms with Gasteiger partial charge in [0.05, 0.1) is 12.5 Å². The molecule has 1 heterocycles. The third-order valence-electron chi connectivity index (χ3n) is 4.29. The van der Waals surface area contributed by atoms with Crippen LogP contribution in [0.2, 0.25) is 0 Å². The standard InChI is InChI=1S/C18H29N3O2/c1-14(2)8-10-23-17-7-3-5-15(11-17)12-21-9-4-6-16(13-21)18(22)20-19/h3,5,7,11,14,16H,4,6,8-10,12-13,19H2,1-2H3,(H,20,22). The predicted molar refractivity (Wildman–Crippen MR) is 91.7 cm³/mol. The van der Waals surface area contributed by atoms with Crippen LogP contribution in [0.15, 0.2) is 24.3 Å². The van der Waals surface area contributed by atoms with Gasteiger partial charge in [0, 0.05) is 13.1 Å². The molecule has 0 bridgehead atoms. The first kappa shape index (κ1) is 17.8. The molecule has 0 aromatic heterocycles. The maximum Gasteiger partial charge on any atom is 0.238 e. The highest BCUT2D eigenvalue weighted by molar-refractivity contribution is 5.78. The summed E-state index contributed by atoms with van der Waals surface area (Å²) in [5, 5.41) is 0. The molecular formula is C18H29N3O2. The molecule has 2 rings (SSSR count). The van der Waals surface area contributed by atoms with E-state index in [1.54, 1.807) is 0 Å². The monoisotopic (exact) mass is 319 g/mol. The van der Waals surface area contributed by atoms with Gasteiger partial charge in [0.1, 0.15) is 5.75 Å². The summed E-state index contributed by atoms with van der Waals surface area (Å²) >= 11 is 0. The fourth-order valence-electron chi connectivity index (χ4n) is 2.94. The molecule has 0 radical (unpaired) electrons. The number of nitrogens with two attached hydrogens (primary N) is 1. The van der Waals surface area contributed by atoms with Gasteiger partial charge in [-0.25, -0.2) is 5.84 Å². The maximum absolute atomic E-state index is 11.7. The number of benzene rings is 1. The van der Waals surface area contributed by atoms with E-state index in [2.05, 4.69) is 36.3 Å². The summed E-state index contributed by atoms with van der Waals surface area (Å²) in [5.41, 5.74) is 3.50. The minimum Gasteiger partial charge on any atom is -0.494 e. The topological polar surface area (TPSA) is 67.6 Å². The van der Waals surface area contributed by atoms with Crippen LogP contribution in [0.5, 0.6) is 5.75 Å². The van der Waals surface area contributed by atoms with Gasteiger partial charge in [-0.2, -0.15) is 0 Å². The number of nitrogens with zero attached hydrogens (tertiary/aromatic N) is 1. The predicted octanol–water partition coefficient (Wildman–Crippen LogP) is 2.31. The number of nitrogens with one attached hydrogen (secondary N) is 1. The van der Waals surface area contributed by atoms with E-state index in [0.717, 1.165) is 51.3 Å². The fourth-order valence-corrected chi connectivity index (χ4v) is 2.94. The third kappa shape index (κ3) is 5.84. The van der Waals surface area contributed by atoms with Crippen molar-refractivity contribution in [1.82, 2.24) is 10.3 Å². The summed E-state index contributed by atoms with van der Waals surface area (Å²) in [6.45, 7) is 7.78. The van der Waals surface area contributed by atoms with Crippen molar-refractivity contribution in [1.29, 1.82) is 0 Å². The summed E-state index contributed by atoms with van der Waals surface area (Å²) < 4.78 is 5.82. The van der Waals surface area contributed by atoms with Crippen molar-refractivity contribution in [2.24, 2.45) is 17.7 Å². The Balaban J connectivity index is 1.88. The number of hydrogen-bond acceptors (Lipinski definition) is 4. The van der Waals surface area contributed by atoms with Crippen LogP contribution in [0.4, 0.5) is 0 Å². The lowest BCUT2D eigenvalue weighted by Crippen LogP contribution is -2.44. The zero-order valence-electron chi connectivity index (χ0n) is 14.3. The van der Waals surface area contributed by atoms with Crippen LogP contribution < -0.4 is 16.0 Å². The number of likely N-dealkylation sites (tertiary alicyclic amines) is 1. The Bertz CT molecular complexity index is 505. The Morgan fingerprint density at radius 3 is 3.04 bits per heavy atom. The zero-order valence-corrected chi connectivity index (χ0v) is 14.3. The quantitative estimate of drug-likeness (QED) is 0.460. The smallest absolute Gasteiger partial charge is 0.238 e. The molecule has 1 atom stereocenters. The van der Waals surface area contributed by atoms with Crippen LogP contribution in [0.25, 0.3) is 0 Å². The summed E-state index contributed by atoms with van der Waals surface area (Å²) in [5.74, 6) is 6.78. The van der Waals surface area contributed by atoms with Crippen molar-refractivity contribution < 1.29 is 9.53 Å². The van der Waals surface area contributed by atoms with Crippen molar-refractivity contribution >= 4 is 5.91 Å². The lowest BCUT2D eigenvalue weighted by Gasteiger charge is -2.31. The number of piperidine rings is 1. The molecular weight excluding hydrogens is 290 g/mol. The molecule has 5 heteroatoms. The van der Waals surface area contributed by atoms with Crippen molar-refractivity contribution in [2.45, 2.75) is 39.7 Å². The highest BCUT2D eigenvalue weighted by atomic mass is 16.5. The number of hydrazine groups is 1. The van der Waals surface area contributed by atoms with Gasteiger partial charge in [-0.3, -0.25) is 15.1 Å². The van der Waals surface area contributed by atoms with E-state index in [1.807, 2.05) is 12.1 Å². The molecule has 0 spiro atoms. The second-order valence-corrected chi connectivity index (χ2v) is 6.76. The largest absolute Gasteiger partial charge is 0.494 e. The molecule has 1 aliphatic heterocycles. The summed E-state index contributed by atoms with van der Waals surface area (Å²) in [6.07, 6.45) is 3.01. The van der Waals surface area contributed by atoms with Gasteiger partial charge < -0.3 is 4.74 Å². The minimum atomic E-state index is -0.0551. The van der Waals surface area contributed by atoms with E-state index in [9.17, 15) is 4.79 Å². The van der Waals surface area contributed by atoms with Gasteiger partial charge in [-0.05, 0) is 49.4 Å². The first-order valence-electron chi connectivity index (χ1n) is 8.53. The highest BCUT2D eigenvalue weighted by Crippen LogP contribution is 2.21. The molecule has 1 aromatic carbocycles. The lowest BCUT2D eigenvalue weighted by atomic mass is 9.97. The van der Waals surface area contributed by atoms with Crippen molar-refractivity contribution in [3.63, 3.8) is 0 Å². The second kappa shape index (κ2) is 8.89. The molecule has 0 saturated carbocycles. The number of amides is 1. The third-order valence-corrected chi connectivity index (χ3v) is 4.29. The van der Waals surface area contributed by atoms with Gasteiger partial charge in [0.25, 0.3) is 0 Å². The molecule has 1 aliphatic rings. The Hall–Kier alpha value is -1.59. The Kier molecular flexibility index (Phi) is 6.86. The number of hydrogen-bond donors (Lipinski definition) is 2. The summed E-state index contributed by atoms with van der Waals surface area (Å²) in [7, 11) is 0. The average Bonchev–Trinajstić information content (AvgIpc) is 2.54. The SMILES string of the molecule is CC(C)CCOc1cccc(CN2CCCC(C(=O)NN)C2)c1. The van der Waals surface area contributed by atoms with E-state index >= 15 is 0 Å². The summed E-state index contributed by atoms with van der Waals surface area (Å²) in [6, 6.07) is 8.26. The van der Waals surface area contributed by atoms with Crippen molar-refractivity contribution in [3.8, 4) is 5.75 Å².